The van der Waals surface area contributed by atoms with Crippen molar-refractivity contribution in [3.05, 3.63) is 251 Å². The van der Waals surface area contributed by atoms with Crippen molar-refractivity contribution in [3.63, 3.8) is 0 Å². The van der Waals surface area contributed by atoms with Crippen LogP contribution in [0.2, 0.25) is 0 Å². The van der Waals surface area contributed by atoms with Gasteiger partial charge in [0.1, 0.15) is 35.6 Å². The molecule has 12 heteroatoms. The Morgan fingerprint density at radius 2 is 0.606 bits per heavy atom. The normalized spacial score (nSPS) is 12.2. The number of carbonyl (C=O) groups is 6. The van der Waals surface area contributed by atoms with Crippen LogP contribution < -0.4 is 0 Å². The zero-order chi connectivity index (χ0) is 81.8. The Hall–Kier alpha value is -9.42. The summed E-state index contributed by atoms with van der Waals surface area (Å²) in [6.45, 7) is 52.0. The van der Waals surface area contributed by atoms with Crippen LogP contribution in [0.5, 0.6) is 0 Å². The van der Waals surface area contributed by atoms with Gasteiger partial charge in [-0.1, -0.05) is 346 Å². The molecule has 0 saturated heterocycles. The molecule has 0 radical (unpaired) electrons. The van der Waals surface area contributed by atoms with Gasteiger partial charge in [-0.15, -0.1) is 0 Å². The van der Waals surface area contributed by atoms with E-state index in [0.717, 1.165) is 68.8 Å². The third kappa shape index (κ3) is 28.2. The molecule has 109 heavy (non-hydrogen) atoms. The molecule has 0 N–H and O–H groups in total. The molecule has 12 nitrogen and oxygen atoms in total. The molecule has 0 bridgehead atoms. The predicted octanol–water partition coefficient (Wildman–Crippen LogP) is 24.5. The van der Waals surface area contributed by atoms with Crippen LogP contribution in [0.25, 0.3) is 32.3 Å². The van der Waals surface area contributed by atoms with Gasteiger partial charge < -0.3 is 28.4 Å². The van der Waals surface area contributed by atoms with Crippen LogP contribution in [0.4, 0.5) is 0 Å². The summed E-state index contributed by atoms with van der Waals surface area (Å²) >= 11 is 0. The van der Waals surface area contributed by atoms with E-state index in [9.17, 15) is 28.8 Å². The third-order valence-corrected chi connectivity index (χ3v) is 19.0. The van der Waals surface area contributed by atoms with Crippen molar-refractivity contribution in [2.75, 3.05) is 0 Å². The summed E-state index contributed by atoms with van der Waals surface area (Å²) in [6, 6.07) is 69.1. The second kappa shape index (κ2) is 42.0. The highest BCUT2D eigenvalue weighted by atomic mass is 16.6. The minimum absolute atomic E-state index is 0.0497. The Morgan fingerprint density at radius 3 is 1.00 bits per heavy atom. The molecular weight excluding hydrogens is 1360 g/mol. The number of ether oxygens (including phenoxy) is 6. The quantitative estimate of drug-likeness (QED) is 0.0381. The number of carbonyl (C=O) groups excluding carboxylic acids is 6. The minimum atomic E-state index is -0.636. The molecule has 9 aromatic carbocycles. The molecule has 0 aliphatic heterocycles. The van der Waals surface area contributed by atoms with Crippen LogP contribution in [0.3, 0.4) is 0 Å². The SMILES string of the molecule is CC(C)C(=O)OC(C)(C)c1cc(C(C)(C)C)cc(C(C)(C)C)c1.CC(C)C(=O)OC(C)(C)c1ccccc1.CC(C)C(=O)OCc1c2ccccc2cc2ccccc12.CC(C)C(=O)OCc1cccc2ccccc12.CCC(C)(OC(=O)C(C)C)c1ccccc1.CCC(CC)(OC(=O)C(C)C)c1ccccc1. The highest BCUT2D eigenvalue weighted by Crippen LogP contribution is 2.38. The van der Waals surface area contributed by atoms with Crippen molar-refractivity contribution < 1.29 is 57.2 Å². The lowest BCUT2D eigenvalue weighted by Gasteiger charge is -2.32. The maximum Gasteiger partial charge on any atom is 0.309 e. The van der Waals surface area contributed by atoms with Crippen molar-refractivity contribution in [1.29, 1.82) is 0 Å². The second-order valence-corrected chi connectivity index (χ2v) is 33.0. The van der Waals surface area contributed by atoms with Crippen LogP contribution in [0.15, 0.2) is 206 Å². The molecule has 0 aliphatic carbocycles. The highest BCUT2D eigenvalue weighted by Gasteiger charge is 2.35. The van der Waals surface area contributed by atoms with E-state index in [4.69, 9.17) is 28.4 Å². The van der Waals surface area contributed by atoms with E-state index in [1.165, 1.54) is 27.3 Å². The molecule has 0 heterocycles. The van der Waals surface area contributed by atoms with E-state index >= 15 is 0 Å². The summed E-state index contributed by atoms with van der Waals surface area (Å²) in [5.41, 5.74) is 6.81. The first-order chi connectivity index (χ1) is 51.0. The van der Waals surface area contributed by atoms with E-state index in [-0.39, 0.29) is 82.2 Å². The van der Waals surface area contributed by atoms with Gasteiger partial charge in [0, 0.05) is 5.56 Å². The lowest BCUT2D eigenvalue weighted by atomic mass is 9.78. The van der Waals surface area contributed by atoms with Gasteiger partial charge in [-0.3, -0.25) is 28.8 Å². The van der Waals surface area contributed by atoms with Gasteiger partial charge in [0.05, 0.1) is 35.5 Å². The Morgan fingerprint density at radius 1 is 0.284 bits per heavy atom. The van der Waals surface area contributed by atoms with E-state index in [0.29, 0.717) is 13.2 Å². The van der Waals surface area contributed by atoms with Crippen LogP contribution in [-0.2, 0) is 104 Å². The Kier molecular flexibility index (Phi) is 35.4. The lowest BCUT2D eigenvalue weighted by Crippen LogP contribution is -2.32. The molecule has 0 aliphatic rings. The number of benzene rings is 9. The Bertz CT molecular complexity index is 4240. The van der Waals surface area contributed by atoms with Crippen LogP contribution >= 0.6 is 0 Å². The first-order valence-electron chi connectivity index (χ1n) is 38.9. The van der Waals surface area contributed by atoms with Gasteiger partial charge in [0.25, 0.3) is 0 Å². The fraction of sp³-hybridized carbons (Fsp3) is 0.443. The molecule has 0 saturated carbocycles. The highest BCUT2D eigenvalue weighted by molar-refractivity contribution is 6.02. The summed E-state index contributed by atoms with van der Waals surface area (Å²) in [6.07, 6.45) is 2.37. The topological polar surface area (TPSA) is 158 Å². The van der Waals surface area contributed by atoms with Crippen molar-refractivity contribution >= 4 is 68.1 Å². The predicted molar refractivity (Wildman–Crippen MR) is 448 cm³/mol. The van der Waals surface area contributed by atoms with Crippen molar-refractivity contribution in [2.45, 2.75) is 246 Å². The van der Waals surface area contributed by atoms with Gasteiger partial charge in [0.15, 0.2) is 0 Å². The van der Waals surface area contributed by atoms with Gasteiger partial charge in [-0.25, -0.2) is 0 Å². The molecule has 588 valence electrons. The summed E-state index contributed by atoms with van der Waals surface area (Å²) in [5, 5.41) is 6.95. The van der Waals surface area contributed by atoms with Gasteiger partial charge in [0.2, 0.25) is 0 Å². The fourth-order valence-corrected chi connectivity index (χ4v) is 11.2. The third-order valence-electron chi connectivity index (χ3n) is 19.0. The Labute approximate surface area is 653 Å². The van der Waals surface area contributed by atoms with Gasteiger partial charge >= 0.3 is 35.8 Å². The summed E-state index contributed by atoms with van der Waals surface area (Å²) < 4.78 is 33.3. The van der Waals surface area contributed by atoms with E-state index in [2.05, 4.69) is 116 Å². The summed E-state index contributed by atoms with van der Waals surface area (Å²) in [5.74, 6) is -1.48. The van der Waals surface area contributed by atoms with Crippen LogP contribution in [0.1, 0.15) is 244 Å². The average Bonchev–Trinajstić information content (AvgIpc) is 0.798. The Balaban J connectivity index is 0.000000278. The first kappa shape index (κ1) is 92.0. The second-order valence-electron chi connectivity index (χ2n) is 33.0. The molecule has 1 unspecified atom stereocenters. The number of hydrogen-bond donors (Lipinski definition) is 0. The zero-order valence-electron chi connectivity index (χ0n) is 70.5. The standard InChI is InChI=1S/C21H34O2.C19H18O2.C15H16O2.C15H22O2.C14H20O2.C13H18O2/c1-14(2)18(22)23-21(9,10)17-12-15(19(3,4)5)11-16(13-17)20(6,7)8;1-13(2)19(20)21-12-18-16-9-5-3-7-14(16)11-15-8-4-6-10-17(15)18;1-11(2)15(16)17-10-13-8-5-7-12-6-3-4-9-14(12)13;1-5-15(6-2,17-14(16)12(3)4)13-10-8-7-9-11-13;1-5-14(4,16-13(15)11(2)3)12-9-7-6-8-10-12;1-10(2)12(14)15-13(3,4)11-8-6-5-7-9-11/h11-14H,1-10H3;3-11,13H,12H2,1-2H3;3-9,11H,10H2,1-2H3;7-12H,5-6H2,1-4H3;6-11H,5H2,1-4H3;5-10H,1-4H3. The zero-order valence-corrected chi connectivity index (χ0v) is 70.5. The maximum absolute atomic E-state index is 12.1. The number of esters is 6. The van der Waals surface area contributed by atoms with E-state index in [1.807, 2.05) is 270 Å². The molecule has 0 spiro atoms. The van der Waals surface area contributed by atoms with E-state index < -0.39 is 22.4 Å². The largest absolute Gasteiger partial charge is 0.461 e. The molecule has 0 fully saturated rings. The van der Waals surface area contributed by atoms with Gasteiger partial charge in [-0.2, -0.15) is 0 Å². The molecule has 1 atom stereocenters. The smallest absolute Gasteiger partial charge is 0.309 e. The fourth-order valence-electron chi connectivity index (χ4n) is 11.2. The maximum atomic E-state index is 12.1. The summed E-state index contributed by atoms with van der Waals surface area (Å²) in [4.78, 5) is 70.3. The van der Waals surface area contributed by atoms with Crippen molar-refractivity contribution in [2.24, 2.45) is 35.5 Å². The average molecular weight is 1490 g/mol. The van der Waals surface area contributed by atoms with Gasteiger partial charge in [-0.05, 0) is 142 Å². The molecule has 0 amide bonds. The summed E-state index contributed by atoms with van der Waals surface area (Å²) in [7, 11) is 0. The number of fused-ring (bicyclic) bond motifs is 3. The molecule has 0 aromatic heterocycles. The molecule has 9 aromatic rings. The van der Waals surface area contributed by atoms with E-state index in [1.54, 1.807) is 0 Å². The number of rotatable bonds is 21. The minimum Gasteiger partial charge on any atom is -0.461 e. The lowest BCUT2D eigenvalue weighted by molar-refractivity contribution is -0.166. The molecular formula is C97H128O12. The van der Waals surface area contributed by atoms with Crippen molar-refractivity contribution in [3.8, 4) is 0 Å². The molecule has 9 rings (SSSR count). The van der Waals surface area contributed by atoms with Crippen LogP contribution in [0, 0.1) is 35.5 Å². The number of hydrogen-bond acceptors (Lipinski definition) is 12. The van der Waals surface area contributed by atoms with Crippen molar-refractivity contribution in [1.82, 2.24) is 0 Å². The van der Waals surface area contributed by atoms with Crippen LogP contribution in [-0.4, -0.2) is 35.8 Å². The monoisotopic (exact) mass is 1480 g/mol. The first-order valence-corrected chi connectivity index (χ1v) is 38.9.